The van der Waals surface area contributed by atoms with E-state index in [0.29, 0.717) is 4.90 Å². The first-order valence-electron chi connectivity index (χ1n) is 6.05. The van der Waals surface area contributed by atoms with Gasteiger partial charge in [0.1, 0.15) is 6.04 Å². The van der Waals surface area contributed by atoms with Crippen molar-refractivity contribution < 1.29 is 18.7 Å². The van der Waals surface area contributed by atoms with E-state index in [-0.39, 0.29) is 12.8 Å². The van der Waals surface area contributed by atoms with Crippen molar-refractivity contribution in [3.8, 4) is 0 Å². The molecule has 1 rings (SSSR count). The Labute approximate surface area is 110 Å². The summed E-state index contributed by atoms with van der Waals surface area (Å²) < 4.78 is 28.2. The number of hydrogen-bond acceptors (Lipinski definition) is 2. The number of rotatable bonds is 2. The molecule has 0 aliphatic heterocycles. The average molecular weight is 276 g/mol. The second-order valence-electron chi connectivity index (χ2n) is 5.69. The van der Waals surface area contributed by atoms with E-state index in [1.54, 1.807) is 20.8 Å². The molecule has 0 unspecified atom stereocenters. The van der Waals surface area contributed by atoms with Gasteiger partial charge in [-0.05, 0) is 39.1 Å². The van der Waals surface area contributed by atoms with Gasteiger partial charge in [0.25, 0.3) is 5.92 Å². The third-order valence-corrected chi connectivity index (χ3v) is 3.21. The smallest absolute Gasteiger partial charge is 0.408 e. The standard InChI is InChI=1S/C11H18F2N4O2/c1-10(2,3)17(9(18)19)8-7(15-16-14)5-4-6-11(8,12)13/h7-8H,4-6H2,1-3H3,(H,18,19)/t7-,8+/m0/s1. The van der Waals surface area contributed by atoms with Crippen molar-refractivity contribution in [1.29, 1.82) is 0 Å². The molecular formula is C11H18F2N4O2. The van der Waals surface area contributed by atoms with Crippen LogP contribution < -0.4 is 0 Å². The van der Waals surface area contributed by atoms with Crippen LogP contribution >= 0.6 is 0 Å². The molecule has 0 aromatic carbocycles. The first-order chi connectivity index (χ1) is 8.61. The minimum atomic E-state index is -3.19. The van der Waals surface area contributed by atoms with E-state index < -0.39 is 36.1 Å². The highest BCUT2D eigenvalue weighted by atomic mass is 19.3. The third kappa shape index (κ3) is 3.26. The number of hydrogen-bond donors (Lipinski definition) is 1. The zero-order chi connectivity index (χ0) is 14.8. The lowest BCUT2D eigenvalue weighted by molar-refractivity contribution is -0.123. The molecule has 0 bridgehead atoms. The molecule has 1 aliphatic carbocycles. The highest BCUT2D eigenvalue weighted by Crippen LogP contribution is 2.40. The molecule has 6 nitrogen and oxygen atoms in total. The van der Waals surface area contributed by atoms with Gasteiger partial charge < -0.3 is 5.11 Å². The Kier molecular flexibility index (Phi) is 4.25. The summed E-state index contributed by atoms with van der Waals surface area (Å²) in [6.45, 7) is 4.62. The largest absolute Gasteiger partial charge is 0.465 e. The number of azide groups is 1. The summed E-state index contributed by atoms with van der Waals surface area (Å²) in [5.74, 6) is -3.19. The Hall–Kier alpha value is -1.56. The summed E-state index contributed by atoms with van der Waals surface area (Å²) in [4.78, 5) is 14.6. The summed E-state index contributed by atoms with van der Waals surface area (Å²) in [6.07, 6.45) is -1.35. The van der Waals surface area contributed by atoms with Crippen molar-refractivity contribution in [2.45, 2.75) is 63.6 Å². The van der Waals surface area contributed by atoms with Crippen LogP contribution in [0.5, 0.6) is 0 Å². The van der Waals surface area contributed by atoms with Gasteiger partial charge >= 0.3 is 6.09 Å². The quantitative estimate of drug-likeness (QED) is 0.474. The third-order valence-electron chi connectivity index (χ3n) is 3.21. The maximum atomic E-state index is 14.1. The molecular weight excluding hydrogens is 258 g/mol. The van der Waals surface area contributed by atoms with E-state index >= 15 is 0 Å². The van der Waals surface area contributed by atoms with Crippen LogP contribution in [0.1, 0.15) is 40.0 Å². The lowest BCUT2D eigenvalue weighted by atomic mass is 9.84. The number of nitrogens with zero attached hydrogens (tertiary/aromatic N) is 4. The van der Waals surface area contributed by atoms with Crippen LogP contribution in [0.2, 0.25) is 0 Å². The SMILES string of the molecule is CC(C)(C)N(C(=O)O)[C@@H]1[C@@H](N=[N+]=[N-])CCCC1(F)F. The van der Waals surface area contributed by atoms with Crippen LogP contribution in [0.15, 0.2) is 5.11 Å². The predicted molar refractivity (Wildman–Crippen MR) is 65.1 cm³/mol. The van der Waals surface area contributed by atoms with Crippen molar-refractivity contribution in [2.24, 2.45) is 5.11 Å². The average Bonchev–Trinajstić information content (AvgIpc) is 2.20. The Balaban J connectivity index is 3.26. The molecule has 19 heavy (non-hydrogen) atoms. The summed E-state index contributed by atoms with van der Waals surface area (Å²) in [6, 6.07) is -2.65. The number of halogens is 2. The normalized spacial score (nSPS) is 26.4. The van der Waals surface area contributed by atoms with E-state index in [1.165, 1.54) is 0 Å². The van der Waals surface area contributed by atoms with Crippen LogP contribution in [0, 0.1) is 0 Å². The van der Waals surface area contributed by atoms with Crippen molar-refractivity contribution >= 4 is 6.09 Å². The lowest BCUT2D eigenvalue weighted by Crippen LogP contribution is -2.63. The number of carboxylic acid groups (broad SMARTS) is 1. The van der Waals surface area contributed by atoms with Crippen LogP contribution in [0.3, 0.4) is 0 Å². The van der Waals surface area contributed by atoms with Crippen LogP contribution in [0.25, 0.3) is 10.4 Å². The Morgan fingerprint density at radius 3 is 2.53 bits per heavy atom. The van der Waals surface area contributed by atoms with Gasteiger partial charge in [0, 0.05) is 16.9 Å². The van der Waals surface area contributed by atoms with Gasteiger partial charge in [0.15, 0.2) is 0 Å². The highest BCUT2D eigenvalue weighted by Gasteiger charge is 2.53. The van der Waals surface area contributed by atoms with E-state index in [9.17, 15) is 18.7 Å². The van der Waals surface area contributed by atoms with Crippen molar-refractivity contribution in [3.63, 3.8) is 0 Å². The van der Waals surface area contributed by atoms with Crippen LogP contribution in [-0.4, -0.2) is 39.6 Å². The van der Waals surface area contributed by atoms with E-state index in [2.05, 4.69) is 10.0 Å². The Morgan fingerprint density at radius 1 is 1.53 bits per heavy atom. The van der Waals surface area contributed by atoms with Gasteiger partial charge in [-0.1, -0.05) is 5.11 Å². The summed E-state index contributed by atoms with van der Waals surface area (Å²) in [5.41, 5.74) is 7.48. The topological polar surface area (TPSA) is 89.3 Å². The predicted octanol–water partition coefficient (Wildman–Crippen LogP) is 3.63. The molecule has 1 aliphatic rings. The minimum Gasteiger partial charge on any atom is -0.465 e. The maximum absolute atomic E-state index is 14.1. The molecule has 0 aromatic heterocycles. The van der Waals surface area contributed by atoms with Crippen molar-refractivity contribution in [1.82, 2.24) is 4.90 Å². The van der Waals surface area contributed by atoms with Crippen molar-refractivity contribution in [3.05, 3.63) is 10.4 Å². The Morgan fingerprint density at radius 2 is 2.11 bits per heavy atom. The number of amides is 1. The first kappa shape index (κ1) is 15.5. The van der Waals surface area contributed by atoms with E-state index in [1.807, 2.05) is 0 Å². The zero-order valence-electron chi connectivity index (χ0n) is 11.2. The second kappa shape index (κ2) is 5.21. The fraction of sp³-hybridized carbons (Fsp3) is 0.909. The molecule has 1 N–H and O–H groups in total. The molecule has 0 saturated heterocycles. The molecule has 1 fully saturated rings. The number of carbonyl (C=O) groups is 1. The maximum Gasteiger partial charge on any atom is 0.408 e. The van der Waals surface area contributed by atoms with Crippen LogP contribution in [-0.2, 0) is 0 Å². The first-order valence-corrected chi connectivity index (χ1v) is 6.05. The lowest BCUT2D eigenvalue weighted by Gasteiger charge is -2.47. The van der Waals surface area contributed by atoms with Gasteiger partial charge in [-0.25, -0.2) is 13.6 Å². The van der Waals surface area contributed by atoms with E-state index in [0.717, 1.165) is 0 Å². The number of alkyl halides is 2. The fourth-order valence-corrected chi connectivity index (χ4v) is 2.51. The molecule has 1 amide bonds. The zero-order valence-corrected chi connectivity index (χ0v) is 11.2. The fourth-order valence-electron chi connectivity index (χ4n) is 2.51. The van der Waals surface area contributed by atoms with E-state index in [4.69, 9.17) is 5.53 Å². The van der Waals surface area contributed by atoms with Gasteiger partial charge in [-0.3, -0.25) is 4.90 Å². The molecule has 0 aromatic rings. The molecule has 8 heteroatoms. The molecule has 108 valence electrons. The van der Waals surface area contributed by atoms with Gasteiger partial charge in [0.05, 0.1) is 6.04 Å². The second-order valence-corrected chi connectivity index (χ2v) is 5.69. The summed E-state index contributed by atoms with van der Waals surface area (Å²) in [7, 11) is 0. The highest BCUT2D eigenvalue weighted by molar-refractivity contribution is 5.67. The van der Waals surface area contributed by atoms with Gasteiger partial charge in [-0.2, -0.15) is 0 Å². The summed E-state index contributed by atoms with van der Waals surface area (Å²) >= 11 is 0. The monoisotopic (exact) mass is 276 g/mol. The molecule has 0 radical (unpaired) electrons. The molecule has 2 atom stereocenters. The molecule has 0 spiro atoms. The van der Waals surface area contributed by atoms with Crippen LogP contribution in [0.4, 0.5) is 13.6 Å². The van der Waals surface area contributed by atoms with Gasteiger partial charge in [0.2, 0.25) is 0 Å². The van der Waals surface area contributed by atoms with Crippen molar-refractivity contribution in [2.75, 3.05) is 0 Å². The molecule has 1 saturated carbocycles. The minimum absolute atomic E-state index is 0.213. The molecule has 0 heterocycles. The summed E-state index contributed by atoms with van der Waals surface area (Å²) in [5, 5.41) is 12.6. The van der Waals surface area contributed by atoms with Gasteiger partial charge in [-0.15, -0.1) is 0 Å². The Bertz CT molecular complexity index is 402.